The first-order valence-corrected chi connectivity index (χ1v) is 6.68. The van der Waals surface area contributed by atoms with Crippen LogP contribution in [-0.2, 0) is 11.3 Å². The van der Waals surface area contributed by atoms with E-state index in [1.54, 1.807) is 11.1 Å². The zero-order chi connectivity index (χ0) is 13.1. The predicted molar refractivity (Wildman–Crippen MR) is 69.9 cm³/mol. The van der Waals surface area contributed by atoms with Crippen molar-refractivity contribution in [3.63, 3.8) is 0 Å². The van der Waals surface area contributed by atoms with Crippen molar-refractivity contribution in [2.45, 2.75) is 51.2 Å². The maximum absolute atomic E-state index is 12.0. The summed E-state index contributed by atoms with van der Waals surface area (Å²) in [6.07, 6.45) is 5.18. The second-order valence-electron chi connectivity index (χ2n) is 4.98. The maximum atomic E-state index is 12.0. The molecule has 5 nitrogen and oxygen atoms in total. The van der Waals surface area contributed by atoms with E-state index in [9.17, 15) is 4.79 Å². The summed E-state index contributed by atoms with van der Waals surface area (Å²) in [4.78, 5) is 13.8. The fourth-order valence-electron chi connectivity index (χ4n) is 2.68. The number of rotatable bonds is 3. The summed E-state index contributed by atoms with van der Waals surface area (Å²) in [5.74, 6) is 0.178. The third-order valence-corrected chi connectivity index (χ3v) is 3.63. The van der Waals surface area contributed by atoms with Crippen molar-refractivity contribution in [3.05, 3.63) is 18.0 Å². The van der Waals surface area contributed by atoms with Crippen LogP contribution in [0.5, 0.6) is 0 Å². The Hall–Kier alpha value is -1.36. The molecule has 0 aliphatic carbocycles. The molecule has 5 heteroatoms. The molecular weight excluding hydrogens is 228 g/mol. The molecule has 1 aliphatic rings. The third kappa shape index (κ3) is 2.41. The van der Waals surface area contributed by atoms with Crippen molar-refractivity contribution in [2.24, 2.45) is 5.73 Å². The first-order valence-electron chi connectivity index (χ1n) is 6.68. The van der Waals surface area contributed by atoms with Crippen LogP contribution in [0.1, 0.15) is 44.3 Å². The predicted octanol–water partition coefficient (Wildman–Crippen LogP) is 1.30. The summed E-state index contributed by atoms with van der Waals surface area (Å²) < 4.78 is 1.97. The van der Waals surface area contributed by atoms with E-state index in [1.807, 2.05) is 17.8 Å². The Kier molecular flexibility index (Phi) is 4.01. The molecule has 2 rings (SSSR count). The van der Waals surface area contributed by atoms with Crippen molar-refractivity contribution in [2.75, 3.05) is 7.05 Å². The molecule has 1 aromatic heterocycles. The van der Waals surface area contributed by atoms with E-state index in [-0.39, 0.29) is 18.0 Å². The maximum Gasteiger partial charge on any atom is 0.222 e. The van der Waals surface area contributed by atoms with Crippen molar-refractivity contribution in [1.29, 1.82) is 0 Å². The molecule has 0 radical (unpaired) electrons. The molecule has 2 atom stereocenters. The molecule has 1 aliphatic heterocycles. The number of carbonyl (C=O) groups excluding carboxylic acids is 1. The van der Waals surface area contributed by atoms with Crippen LogP contribution in [0.3, 0.4) is 0 Å². The lowest BCUT2D eigenvalue weighted by molar-refractivity contribution is -0.131. The Morgan fingerprint density at radius 1 is 1.56 bits per heavy atom. The Bertz CT molecular complexity index is 415. The Morgan fingerprint density at radius 2 is 2.33 bits per heavy atom. The highest BCUT2D eigenvalue weighted by atomic mass is 16.2. The molecule has 2 unspecified atom stereocenters. The normalized spacial score (nSPS) is 25.3. The van der Waals surface area contributed by atoms with Gasteiger partial charge in [-0.1, -0.05) is 6.92 Å². The van der Waals surface area contributed by atoms with Gasteiger partial charge in [0.1, 0.15) is 0 Å². The number of aromatic nitrogens is 2. The summed E-state index contributed by atoms with van der Waals surface area (Å²) in [5.41, 5.74) is 7.31. The quantitative estimate of drug-likeness (QED) is 0.879. The molecule has 0 spiro atoms. The largest absolute Gasteiger partial charge is 0.336 e. The second-order valence-corrected chi connectivity index (χ2v) is 4.98. The fraction of sp³-hybridized carbons (Fsp3) is 0.692. The number of hydrogen-bond acceptors (Lipinski definition) is 3. The van der Waals surface area contributed by atoms with Gasteiger partial charge in [0.05, 0.1) is 11.7 Å². The lowest BCUT2D eigenvalue weighted by Gasteiger charge is -2.30. The van der Waals surface area contributed by atoms with Gasteiger partial charge in [-0.25, -0.2) is 0 Å². The first kappa shape index (κ1) is 13.1. The van der Waals surface area contributed by atoms with Crippen LogP contribution in [-0.4, -0.2) is 33.7 Å². The van der Waals surface area contributed by atoms with Crippen LogP contribution < -0.4 is 5.73 Å². The van der Waals surface area contributed by atoms with Gasteiger partial charge in [-0.2, -0.15) is 5.10 Å². The molecular formula is C13H22N4O. The van der Waals surface area contributed by atoms with E-state index in [2.05, 4.69) is 12.0 Å². The lowest BCUT2D eigenvalue weighted by atomic mass is 10.0. The third-order valence-electron chi connectivity index (χ3n) is 3.63. The number of likely N-dealkylation sites (tertiary alicyclic amines) is 1. The van der Waals surface area contributed by atoms with E-state index >= 15 is 0 Å². The number of likely N-dealkylation sites (N-methyl/N-ethyl adjacent to an activating group) is 1. The van der Waals surface area contributed by atoms with E-state index < -0.39 is 0 Å². The Morgan fingerprint density at radius 3 is 3.06 bits per heavy atom. The molecule has 100 valence electrons. The Labute approximate surface area is 108 Å². The molecule has 1 amide bonds. The van der Waals surface area contributed by atoms with Gasteiger partial charge in [-0.15, -0.1) is 0 Å². The zero-order valence-corrected chi connectivity index (χ0v) is 11.2. The molecule has 0 aromatic carbocycles. The number of nitrogens with zero attached hydrogens (tertiary/aromatic N) is 3. The number of aryl methyl sites for hydroxylation is 1. The number of hydrogen-bond donors (Lipinski definition) is 1. The minimum atomic E-state index is -0.0472. The second kappa shape index (κ2) is 5.52. The summed E-state index contributed by atoms with van der Waals surface area (Å²) in [5, 5.41) is 4.33. The van der Waals surface area contributed by atoms with E-state index in [0.717, 1.165) is 31.5 Å². The fourth-order valence-corrected chi connectivity index (χ4v) is 2.68. The van der Waals surface area contributed by atoms with Crippen LogP contribution in [0.2, 0.25) is 0 Å². The average molecular weight is 250 g/mol. The summed E-state index contributed by atoms with van der Waals surface area (Å²) in [6, 6.07) is 1.93. The summed E-state index contributed by atoms with van der Waals surface area (Å²) in [7, 11) is 1.85. The smallest absolute Gasteiger partial charge is 0.222 e. The molecule has 1 fully saturated rings. The minimum absolute atomic E-state index is 0.00578. The summed E-state index contributed by atoms with van der Waals surface area (Å²) >= 11 is 0. The SMILES string of the molecule is CCCn1nccc1C1C(N)CCCC(=O)N1C. The van der Waals surface area contributed by atoms with Crippen molar-refractivity contribution < 1.29 is 4.79 Å². The van der Waals surface area contributed by atoms with Gasteiger partial charge >= 0.3 is 0 Å². The standard InChI is InChI=1S/C13H22N4O/c1-3-9-17-11(7-8-15-17)13-10(14)5-4-6-12(18)16(13)2/h7-8,10,13H,3-6,9,14H2,1-2H3. The molecule has 0 saturated carbocycles. The Balaban J connectivity index is 2.32. The highest BCUT2D eigenvalue weighted by Gasteiger charge is 2.32. The van der Waals surface area contributed by atoms with Crippen molar-refractivity contribution in [3.8, 4) is 0 Å². The van der Waals surface area contributed by atoms with Gasteiger partial charge in [0.15, 0.2) is 0 Å². The van der Waals surface area contributed by atoms with Crippen LogP contribution in [0.25, 0.3) is 0 Å². The highest BCUT2D eigenvalue weighted by Crippen LogP contribution is 2.28. The number of nitrogens with two attached hydrogens (primary N) is 1. The van der Waals surface area contributed by atoms with Gasteiger partial charge in [0.25, 0.3) is 0 Å². The number of amides is 1. The van der Waals surface area contributed by atoms with Gasteiger partial charge in [0, 0.05) is 32.3 Å². The van der Waals surface area contributed by atoms with E-state index in [4.69, 9.17) is 5.73 Å². The van der Waals surface area contributed by atoms with E-state index in [1.165, 1.54) is 0 Å². The average Bonchev–Trinajstić information content (AvgIpc) is 2.73. The minimum Gasteiger partial charge on any atom is -0.336 e. The van der Waals surface area contributed by atoms with Crippen LogP contribution in [0.4, 0.5) is 0 Å². The van der Waals surface area contributed by atoms with Gasteiger partial charge in [0.2, 0.25) is 5.91 Å². The lowest BCUT2D eigenvalue weighted by Crippen LogP contribution is -2.41. The first-order chi connectivity index (χ1) is 8.65. The monoisotopic (exact) mass is 250 g/mol. The zero-order valence-electron chi connectivity index (χ0n) is 11.2. The van der Waals surface area contributed by atoms with Gasteiger partial charge < -0.3 is 10.6 Å². The number of carbonyl (C=O) groups is 1. The molecule has 1 saturated heterocycles. The van der Waals surface area contributed by atoms with E-state index in [0.29, 0.717) is 6.42 Å². The van der Waals surface area contributed by atoms with Crippen LogP contribution in [0, 0.1) is 0 Å². The van der Waals surface area contributed by atoms with Gasteiger partial charge in [-0.05, 0) is 25.3 Å². The summed E-state index contributed by atoms with van der Waals surface area (Å²) in [6.45, 7) is 2.99. The molecule has 2 heterocycles. The molecule has 1 aromatic rings. The molecule has 0 bridgehead atoms. The van der Waals surface area contributed by atoms with Crippen LogP contribution in [0.15, 0.2) is 12.3 Å². The van der Waals surface area contributed by atoms with Gasteiger partial charge in [-0.3, -0.25) is 9.48 Å². The molecule has 18 heavy (non-hydrogen) atoms. The highest BCUT2D eigenvalue weighted by molar-refractivity contribution is 5.76. The van der Waals surface area contributed by atoms with Crippen molar-refractivity contribution in [1.82, 2.24) is 14.7 Å². The molecule has 2 N–H and O–H groups in total. The van der Waals surface area contributed by atoms with Crippen molar-refractivity contribution >= 4 is 5.91 Å². The topological polar surface area (TPSA) is 64.2 Å². The van der Waals surface area contributed by atoms with Crippen LogP contribution >= 0.6 is 0 Å².